The number of nitrogens with zero attached hydrogens (tertiary/aromatic N) is 2. The van der Waals surface area contributed by atoms with E-state index < -0.39 is 0 Å². The van der Waals surface area contributed by atoms with E-state index in [1.807, 2.05) is 48.5 Å². The minimum absolute atomic E-state index is 0. The Hall–Kier alpha value is -1.66. The van der Waals surface area contributed by atoms with Crippen molar-refractivity contribution in [2.45, 2.75) is 10.3 Å². The van der Waals surface area contributed by atoms with Crippen LogP contribution in [0, 0.1) is 0 Å². The summed E-state index contributed by atoms with van der Waals surface area (Å²) in [5.74, 6) is 0. The number of hydrogen-bond donors (Lipinski definition) is 2. The van der Waals surface area contributed by atoms with Gasteiger partial charge in [-0.05, 0) is 34.6 Å². The first-order chi connectivity index (χ1) is 9.72. The molecule has 0 amide bonds. The van der Waals surface area contributed by atoms with Crippen LogP contribution in [-0.2, 0) is 42.3 Å². The number of fused-ring (bicyclic) bond motifs is 2. The van der Waals surface area contributed by atoms with Crippen molar-refractivity contribution in [3.8, 4) is 0 Å². The molecule has 2 heterocycles. The summed E-state index contributed by atoms with van der Waals surface area (Å²) in [6.07, 6.45) is 0. The zero-order chi connectivity index (χ0) is 13.9. The van der Waals surface area contributed by atoms with Crippen LogP contribution in [0.3, 0.4) is 0 Å². The van der Waals surface area contributed by atoms with Gasteiger partial charge in [0.1, 0.15) is 0 Å². The molecular formula is C14H10CuN4S2. The molecule has 0 spiro atoms. The molecule has 0 aliphatic rings. The summed E-state index contributed by atoms with van der Waals surface area (Å²) >= 11 is 9.69. The SMILES string of the molecule is [Cu+2].[S-]c1nc2ccccc2[nH]1.[S-]c1nc2ccccc2[nH]1. The van der Waals surface area contributed by atoms with Crippen molar-refractivity contribution in [2.24, 2.45) is 0 Å². The van der Waals surface area contributed by atoms with Gasteiger partial charge in [0, 0.05) is 0 Å². The minimum atomic E-state index is 0. The smallest absolute Gasteiger partial charge is 0.742 e. The van der Waals surface area contributed by atoms with Gasteiger partial charge in [-0.15, -0.1) is 0 Å². The van der Waals surface area contributed by atoms with Crippen molar-refractivity contribution in [1.82, 2.24) is 19.9 Å². The van der Waals surface area contributed by atoms with Crippen LogP contribution in [0.2, 0.25) is 0 Å². The number of H-pyrrole nitrogens is 2. The standard InChI is InChI=1S/2C7H6N2S.Cu/c2*10-7-8-5-3-1-2-4-6(5)9-7;/h2*1-4H,(H2,8,9,10);/q;;+2/p-2. The van der Waals surface area contributed by atoms with Gasteiger partial charge < -0.3 is 35.2 Å². The molecule has 0 saturated carbocycles. The summed E-state index contributed by atoms with van der Waals surface area (Å²) < 4.78 is 0. The second-order valence-electron chi connectivity index (χ2n) is 4.12. The Morgan fingerprint density at radius 2 is 1.05 bits per heavy atom. The average Bonchev–Trinajstić information content (AvgIpc) is 2.99. The van der Waals surface area contributed by atoms with Crippen molar-refractivity contribution in [2.75, 3.05) is 0 Å². The zero-order valence-corrected chi connectivity index (χ0v) is 13.2. The number of aromatic amines is 2. The molecule has 0 aliphatic heterocycles. The van der Waals surface area contributed by atoms with Crippen molar-refractivity contribution < 1.29 is 17.1 Å². The summed E-state index contributed by atoms with van der Waals surface area (Å²) in [6, 6.07) is 15.6. The third-order valence-electron chi connectivity index (χ3n) is 2.74. The van der Waals surface area contributed by atoms with E-state index in [1.165, 1.54) is 0 Å². The number of para-hydroxylation sites is 4. The van der Waals surface area contributed by atoms with Gasteiger partial charge in [0.15, 0.2) is 0 Å². The maximum absolute atomic E-state index is 4.85. The Labute approximate surface area is 143 Å². The van der Waals surface area contributed by atoms with Crippen LogP contribution in [0.4, 0.5) is 0 Å². The molecule has 2 N–H and O–H groups in total. The third-order valence-corrected chi connectivity index (χ3v) is 3.12. The molecule has 0 aliphatic carbocycles. The van der Waals surface area contributed by atoms with Crippen LogP contribution in [0.5, 0.6) is 0 Å². The van der Waals surface area contributed by atoms with Gasteiger partial charge in [0.05, 0.1) is 22.1 Å². The molecule has 0 atom stereocenters. The molecule has 2 aromatic heterocycles. The molecule has 109 valence electrons. The number of benzene rings is 2. The number of nitrogens with one attached hydrogen (secondary N) is 2. The molecule has 2 aromatic carbocycles. The van der Waals surface area contributed by atoms with Gasteiger partial charge in [-0.1, -0.05) is 24.3 Å². The molecule has 4 rings (SSSR count). The van der Waals surface area contributed by atoms with Crippen molar-refractivity contribution in [1.29, 1.82) is 0 Å². The van der Waals surface area contributed by atoms with Gasteiger partial charge in [-0.25, -0.2) is 0 Å². The summed E-state index contributed by atoms with van der Waals surface area (Å²) in [5, 5.41) is 1.11. The van der Waals surface area contributed by atoms with E-state index in [2.05, 4.69) is 19.9 Å². The van der Waals surface area contributed by atoms with E-state index in [-0.39, 0.29) is 17.1 Å². The molecular weight excluding hydrogens is 352 g/mol. The second-order valence-corrected chi connectivity index (χ2v) is 4.89. The molecule has 0 fully saturated rings. The predicted molar refractivity (Wildman–Crippen MR) is 83.4 cm³/mol. The first-order valence-electron chi connectivity index (χ1n) is 5.96. The van der Waals surface area contributed by atoms with E-state index in [4.69, 9.17) is 25.3 Å². The Morgan fingerprint density at radius 1 is 0.667 bits per heavy atom. The van der Waals surface area contributed by atoms with E-state index in [1.54, 1.807) is 0 Å². The minimum Gasteiger partial charge on any atom is -0.742 e. The third kappa shape index (κ3) is 3.71. The van der Waals surface area contributed by atoms with E-state index in [0.717, 1.165) is 22.1 Å². The van der Waals surface area contributed by atoms with E-state index in [9.17, 15) is 0 Å². The maximum Gasteiger partial charge on any atom is 2.00 e. The largest absolute Gasteiger partial charge is 2.00 e. The molecule has 0 bridgehead atoms. The van der Waals surface area contributed by atoms with Crippen LogP contribution < -0.4 is 0 Å². The quantitative estimate of drug-likeness (QED) is 0.373. The van der Waals surface area contributed by atoms with Crippen LogP contribution in [0.1, 0.15) is 0 Å². The van der Waals surface area contributed by atoms with E-state index in [0.29, 0.717) is 10.3 Å². The summed E-state index contributed by atoms with van der Waals surface area (Å²) in [5.41, 5.74) is 3.89. The molecule has 1 radical (unpaired) electrons. The van der Waals surface area contributed by atoms with Gasteiger partial charge in [0.25, 0.3) is 0 Å². The molecule has 21 heavy (non-hydrogen) atoms. The fourth-order valence-electron chi connectivity index (χ4n) is 1.86. The maximum atomic E-state index is 4.85. The summed E-state index contributed by atoms with van der Waals surface area (Å²) in [7, 11) is 0. The summed E-state index contributed by atoms with van der Waals surface area (Å²) in [6.45, 7) is 0. The van der Waals surface area contributed by atoms with Crippen LogP contribution in [-0.4, -0.2) is 19.9 Å². The van der Waals surface area contributed by atoms with Gasteiger partial charge in [-0.2, -0.15) is 0 Å². The molecule has 7 heteroatoms. The zero-order valence-electron chi connectivity index (χ0n) is 10.6. The van der Waals surface area contributed by atoms with Gasteiger partial charge in [0.2, 0.25) is 0 Å². The fourth-order valence-corrected chi connectivity index (χ4v) is 2.28. The topological polar surface area (TPSA) is 57.4 Å². The second kappa shape index (κ2) is 6.87. The monoisotopic (exact) mass is 361 g/mol. The Morgan fingerprint density at radius 3 is 1.43 bits per heavy atom. The van der Waals surface area contributed by atoms with Crippen LogP contribution >= 0.6 is 0 Å². The molecule has 4 aromatic rings. The number of aromatic nitrogens is 4. The summed E-state index contributed by atoms with van der Waals surface area (Å²) in [4.78, 5) is 14.1. The number of hydrogen-bond acceptors (Lipinski definition) is 4. The van der Waals surface area contributed by atoms with Crippen molar-refractivity contribution >= 4 is 47.3 Å². The Bertz CT molecular complexity index is 718. The van der Waals surface area contributed by atoms with Gasteiger partial charge >= 0.3 is 17.1 Å². The predicted octanol–water partition coefficient (Wildman–Crippen LogP) is 2.93. The Balaban J connectivity index is 0.000000147. The number of imidazole rings is 2. The fraction of sp³-hybridized carbons (Fsp3) is 0. The first-order valence-corrected chi connectivity index (χ1v) is 6.77. The van der Waals surface area contributed by atoms with Crippen molar-refractivity contribution in [3.63, 3.8) is 0 Å². The number of rotatable bonds is 0. The van der Waals surface area contributed by atoms with Crippen LogP contribution in [0.15, 0.2) is 58.8 Å². The van der Waals surface area contributed by atoms with E-state index >= 15 is 0 Å². The average molecular weight is 362 g/mol. The molecule has 4 nitrogen and oxygen atoms in total. The van der Waals surface area contributed by atoms with Crippen molar-refractivity contribution in [3.05, 3.63) is 48.5 Å². The van der Waals surface area contributed by atoms with Crippen LogP contribution in [0.25, 0.3) is 22.1 Å². The molecule has 0 unspecified atom stereocenters. The first kappa shape index (κ1) is 15.7. The molecule has 0 saturated heterocycles. The van der Waals surface area contributed by atoms with Gasteiger partial charge in [-0.3, -0.25) is 9.97 Å². The normalized spacial score (nSPS) is 9.90. The Kier molecular flexibility index (Phi) is 5.14.